The molecule has 0 aliphatic heterocycles. The summed E-state index contributed by atoms with van der Waals surface area (Å²) >= 11 is 7.49. The molecule has 1 aromatic carbocycles. The summed E-state index contributed by atoms with van der Waals surface area (Å²) in [4.78, 5) is 15.6. The maximum atomic E-state index is 12.2. The van der Waals surface area contributed by atoms with Crippen molar-refractivity contribution in [2.75, 3.05) is 19.5 Å². The summed E-state index contributed by atoms with van der Waals surface area (Å²) in [5.74, 6) is 1.12. The Morgan fingerprint density at radius 1 is 1.21 bits per heavy atom. The van der Waals surface area contributed by atoms with Crippen molar-refractivity contribution in [1.29, 1.82) is 0 Å². The van der Waals surface area contributed by atoms with E-state index in [1.54, 1.807) is 12.1 Å². The molecule has 7 nitrogen and oxygen atoms in total. The molecule has 0 bridgehead atoms. The molecule has 0 saturated carbocycles. The van der Waals surface area contributed by atoms with E-state index in [9.17, 15) is 4.79 Å². The molecule has 2 heterocycles. The van der Waals surface area contributed by atoms with Crippen molar-refractivity contribution in [2.45, 2.75) is 0 Å². The van der Waals surface area contributed by atoms with Crippen molar-refractivity contribution in [1.82, 2.24) is 15.2 Å². The van der Waals surface area contributed by atoms with E-state index in [1.807, 2.05) is 17.5 Å². The Kier molecular flexibility index (Phi) is 4.68. The summed E-state index contributed by atoms with van der Waals surface area (Å²) in [6, 6.07) is 6.91. The van der Waals surface area contributed by atoms with Gasteiger partial charge in [-0.05, 0) is 11.4 Å². The molecule has 2 N–H and O–H groups in total. The average molecular weight is 365 g/mol. The minimum Gasteiger partial charge on any atom is -0.495 e. The fraction of sp³-hybridized carbons (Fsp3) is 0.133. The summed E-state index contributed by atoms with van der Waals surface area (Å²) in [6.45, 7) is 0. The molecule has 0 spiro atoms. The standard InChI is InChI=1S/C15H13ClN4O3S/c1-22-10-7-9(11(23-2)6-8(10)16)17-15-18-14(21)13(19-20-15)12-4-3-5-24-12/h3-7H,1-2H3,(H2,17,18,20,21). The molecule has 0 unspecified atom stereocenters. The lowest BCUT2D eigenvalue weighted by Gasteiger charge is -2.13. The molecule has 0 saturated heterocycles. The van der Waals surface area contributed by atoms with Gasteiger partial charge in [0.05, 0.1) is 29.8 Å². The highest BCUT2D eigenvalue weighted by Gasteiger charge is 2.13. The molecule has 9 heteroatoms. The zero-order chi connectivity index (χ0) is 17.1. The number of hydrogen-bond acceptors (Lipinski definition) is 7. The number of nitrogens with zero attached hydrogens (tertiary/aromatic N) is 2. The number of aromatic nitrogens is 3. The van der Waals surface area contributed by atoms with Crippen LogP contribution in [0.15, 0.2) is 34.4 Å². The molecular formula is C15H13ClN4O3S. The van der Waals surface area contributed by atoms with Crippen LogP contribution in [0.5, 0.6) is 11.5 Å². The molecule has 3 rings (SSSR count). The Morgan fingerprint density at radius 3 is 2.62 bits per heavy atom. The first kappa shape index (κ1) is 16.3. The Hall–Kier alpha value is -2.58. The van der Waals surface area contributed by atoms with Crippen LogP contribution in [0.3, 0.4) is 0 Å². The zero-order valence-electron chi connectivity index (χ0n) is 12.8. The van der Waals surface area contributed by atoms with Gasteiger partial charge in [0, 0.05) is 12.1 Å². The van der Waals surface area contributed by atoms with Gasteiger partial charge in [-0.15, -0.1) is 21.5 Å². The third-order valence-corrected chi connectivity index (χ3v) is 4.35. The van der Waals surface area contributed by atoms with Crippen LogP contribution in [0.1, 0.15) is 0 Å². The van der Waals surface area contributed by atoms with Gasteiger partial charge in [-0.1, -0.05) is 17.7 Å². The van der Waals surface area contributed by atoms with Crippen LogP contribution in [0, 0.1) is 0 Å². The van der Waals surface area contributed by atoms with Gasteiger partial charge < -0.3 is 14.8 Å². The van der Waals surface area contributed by atoms with E-state index in [-0.39, 0.29) is 17.2 Å². The summed E-state index contributed by atoms with van der Waals surface area (Å²) in [7, 11) is 3.02. The van der Waals surface area contributed by atoms with Crippen molar-refractivity contribution in [3.8, 4) is 22.1 Å². The second kappa shape index (κ2) is 6.90. The lowest BCUT2D eigenvalue weighted by molar-refractivity contribution is 0.405. The number of thiophene rings is 1. The van der Waals surface area contributed by atoms with Gasteiger partial charge in [-0.3, -0.25) is 9.78 Å². The van der Waals surface area contributed by atoms with Gasteiger partial charge in [0.1, 0.15) is 11.5 Å². The lowest BCUT2D eigenvalue weighted by atomic mass is 10.2. The quantitative estimate of drug-likeness (QED) is 0.722. The van der Waals surface area contributed by atoms with E-state index < -0.39 is 0 Å². The average Bonchev–Trinajstić information content (AvgIpc) is 3.10. The van der Waals surface area contributed by atoms with Crippen molar-refractivity contribution in [3.63, 3.8) is 0 Å². The lowest BCUT2D eigenvalue weighted by Crippen LogP contribution is -2.15. The molecule has 24 heavy (non-hydrogen) atoms. The van der Waals surface area contributed by atoms with Crippen molar-refractivity contribution >= 4 is 34.6 Å². The molecule has 2 aromatic heterocycles. The second-order valence-electron chi connectivity index (χ2n) is 4.64. The molecule has 0 atom stereocenters. The number of nitrogens with one attached hydrogen (secondary N) is 2. The molecule has 0 aliphatic rings. The smallest absolute Gasteiger partial charge is 0.280 e. The van der Waals surface area contributed by atoms with Crippen LogP contribution in [0.25, 0.3) is 10.6 Å². The van der Waals surface area contributed by atoms with E-state index in [2.05, 4.69) is 20.5 Å². The monoisotopic (exact) mass is 364 g/mol. The molecule has 3 aromatic rings. The van der Waals surface area contributed by atoms with Crippen molar-refractivity contribution in [3.05, 3.63) is 45.0 Å². The Balaban J connectivity index is 1.94. The number of benzene rings is 1. The van der Waals surface area contributed by atoms with Crippen LogP contribution in [-0.4, -0.2) is 29.4 Å². The summed E-state index contributed by atoms with van der Waals surface area (Å²) < 4.78 is 10.5. The van der Waals surface area contributed by atoms with Crippen LogP contribution in [0.2, 0.25) is 5.02 Å². The predicted octanol–water partition coefficient (Wildman–Crippen LogP) is 3.31. The van der Waals surface area contributed by atoms with Crippen molar-refractivity contribution in [2.24, 2.45) is 0 Å². The third kappa shape index (κ3) is 3.19. The molecular weight excluding hydrogens is 352 g/mol. The molecule has 0 fully saturated rings. The number of anilines is 2. The first-order chi connectivity index (χ1) is 11.6. The topological polar surface area (TPSA) is 89.1 Å². The maximum absolute atomic E-state index is 12.2. The molecule has 0 radical (unpaired) electrons. The second-order valence-corrected chi connectivity index (χ2v) is 6.00. The van der Waals surface area contributed by atoms with Crippen molar-refractivity contribution < 1.29 is 9.47 Å². The van der Waals surface area contributed by atoms with E-state index in [0.29, 0.717) is 22.2 Å². The number of ether oxygens (including phenoxy) is 2. The number of aromatic amines is 1. The SMILES string of the molecule is COc1cc(Nc2nnc(-c3cccs3)c(=O)[nH]2)c(OC)cc1Cl. The highest BCUT2D eigenvalue weighted by atomic mass is 35.5. The van der Waals surface area contributed by atoms with E-state index in [4.69, 9.17) is 21.1 Å². The van der Waals surface area contributed by atoms with Crippen LogP contribution < -0.4 is 20.3 Å². The fourth-order valence-electron chi connectivity index (χ4n) is 2.05. The summed E-state index contributed by atoms with van der Waals surface area (Å²) in [6.07, 6.45) is 0. The molecule has 0 amide bonds. The predicted molar refractivity (Wildman–Crippen MR) is 93.8 cm³/mol. The molecule has 124 valence electrons. The highest BCUT2D eigenvalue weighted by molar-refractivity contribution is 7.13. The molecule has 0 aliphatic carbocycles. The largest absolute Gasteiger partial charge is 0.495 e. The highest BCUT2D eigenvalue weighted by Crippen LogP contribution is 2.36. The fourth-order valence-corrected chi connectivity index (χ4v) is 2.99. The first-order valence-electron chi connectivity index (χ1n) is 6.81. The Bertz CT molecular complexity index is 912. The summed E-state index contributed by atoms with van der Waals surface area (Å²) in [5, 5.41) is 13.2. The Labute approximate surface area is 146 Å². The zero-order valence-corrected chi connectivity index (χ0v) is 14.4. The van der Waals surface area contributed by atoms with Gasteiger partial charge in [0.2, 0.25) is 5.95 Å². The van der Waals surface area contributed by atoms with E-state index in [1.165, 1.54) is 25.6 Å². The minimum atomic E-state index is -0.338. The number of rotatable bonds is 5. The van der Waals surface area contributed by atoms with Crippen LogP contribution in [0.4, 0.5) is 11.6 Å². The van der Waals surface area contributed by atoms with Crippen LogP contribution in [-0.2, 0) is 0 Å². The minimum absolute atomic E-state index is 0.183. The van der Waals surface area contributed by atoms with Gasteiger partial charge >= 0.3 is 0 Å². The number of methoxy groups -OCH3 is 2. The number of hydrogen-bond donors (Lipinski definition) is 2. The van der Waals surface area contributed by atoms with Gasteiger partial charge in [-0.2, -0.15) is 0 Å². The number of H-pyrrole nitrogens is 1. The normalized spacial score (nSPS) is 10.5. The maximum Gasteiger partial charge on any atom is 0.280 e. The van der Waals surface area contributed by atoms with E-state index >= 15 is 0 Å². The van der Waals surface area contributed by atoms with E-state index in [0.717, 1.165) is 4.88 Å². The van der Waals surface area contributed by atoms with Crippen LogP contribution >= 0.6 is 22.9 Å². The first-order valence-corrected chi connectivity index (χ1v) is 8.07. The van der Waals surface area contributed by atoms with Gasteiger partial charge in [0.25, 0.3) is 5.56 Å². The third-order valence-electron chi connectivity index (χ3n) is 3.18. The van der Waals surface area contributed by atoms with Gasteiger partial charge in [-0.25, -0.2) is 0 Å². The number of halogens is 1. The summed E-state index contributed by atoms with van der Waals surface area (Å²) in [5.41, 5.74) is 0.471. The Morgan fingerprint density at radius 2 is 2.00 bits per heavy atom. The van der Waals surface area contributed by atoms with Gasteiger partial charge in [0.15, 0.2) is 5.69 Å².